The predicted octanol–water partition coefficient (Wildman–Crippen LogP) is 3.44. The van der Waals surface area contributed by atoms with Crippen molar-refractivity contribution < 1.29 is 19.7 Å². The van der Waals surface area contributed by atoms with Crippen LogP contribution in [-0.2, 0) is 6.54 Å². The zero-order chi connectivity index (χ0) is 17.6. The minimum Gasteiger partial charge on any atom is -0.494 e. The molecule has 0 aliphatic carbocycles. The van der Waals surface area contributed by atoms with Crippen LogP contribution in [-0.4, -0.2) is 33.0 Å². The number of aromatic hydroxyl groups is 2. The summed E-state index contributed by atoms with van der Waals surface area (Å²) in [6.07, 6.45) is 1.65. The Kier molecular flexibility index (Phi) is 5.09. The van der Waals surface area contributed by atoms with Crippen LogP contribution < -0.4 is 9.47 Å². The van der Waals surface area contributed by atoms with E-state index in [1.807, 2.05) is 43.3 Å². The number of hydrogen-bond acceptors (Lipinski definition) is 5. The fourth-order valence-corrected chi connectivity index (χ4v) is 2.46. The molecule has 0 unspecified atom stereocenters. The Labute approximate surface area is 145 Å². The lowest BCUT2D eigenvalue weighted by Crippen LogP contribution is -2.07. The molecule has 3 aromatic rings. The molecule has 0 spiro atoms. The highest BCUT2D eigenvalue weighted by Gasteiger charge is 2.06. The van der Waals surface area contributed by atoms with Crippen molar-refractivity contribution in [3.8, 4) is 34.5 Å². The van der Waals surface area contributed by atoms with Crippen LogP contribution in [0.2, 0.25) is 0 Å². The molecule has 130 valence electrons. The molecule has 0 bridgehead atoms. The number of benzene rings is 1. The molecule has 0 amide bonds. The van der Waals surface area contributed by atoms with Gasteiger partial charge in [-0.1, -0.05) is 0 Å². The van der Waals surface area contributed by atoms with Crippen LogP contribution in [0.1, 0.15) is 6.92 Å². The van der Waals surface area contributed by atoms with Gasteiger partial charge in [0.25, 0.3) is 0 Å². The van der Waals surface area contributed by atoms with E-state index in [1.54, 1.807) is 6.20 Å². The molecule has 25 heavy (non-hydrogen) atoms. The van der Waals surface area contributed by atoms with Crippen LogP contribution in [0.5, 0.6) is 23.3 Å². The summed E-state index contributed by atoms with van der Waals surface area (Å²) in [5.74, 6) is 1.47. The molecule has 6 heteroatoms. The number of aromatic nitrogens is 2. The fraction of sp³-hybridized carbons (Fsp3) is 0.211. The summed E-state index contributed by atoms with van der Waals surface area (Å²) in [6, 6.07) is 14.4. The van der Waals surface area contributed by atoms with Crippen molar-refractivity contribution in [3.63, 3.8) is 0 Å². The standard InChI is InChI=1S/C19H20N2O4/c1-2-24-15-5-3-14(4-6-15)17-8-7-16(13-20-17)25-12-11-21-18(22)9-10-19(21)23/h3-10,13,22-23H,2,11-12H2,1H3. The molecule has 6 nitrogen and oxygen atoms in total. The topological polar surface area (TPSA) is 76.7 Å². The number of nitrogens with zero attached hydrogens (tertiary/aromatic N) is 2. The zero-order valence-electron chi connectivity index (χ0n) is 13.9. The maximum atomic E-state index is 9.57. The van der Waals surface area contributed by atoms with Crippen molar-refractivity contribution in [2.24, 2.45) is 0 Å². The summed E-state index contributed by atoms with van der Waals surface area (Å²) in [6.45, 7) is 3.24. The average molecular weight is 340 g/mol. The van der Waals surface area contributed by atoms with E-state index in [1.165, 1.54) is 16.7 Å². The summed E-state index contributed by atoms with van der Waals surface area (Å²) in [5, 5.41) is 19.1. The summed E-state index contributed by atoms with van der Waals surface area (Å²) >= 11 is 0. The van der Waals surface area contributed by atoms with Gasteiger partial charge >= 0.3 is 0 Å². The Morgan fingerprint density at radius 1 is 0.880 bits per heavy atom. The highest BCUT2D eigenvalue weighted by atomic mass is 16.5. The lowest BCUT2D eigenvalue weighted by molar-refractivity contribution is 0.274. The summed E-state index contributed by atoms with van der Waals surface area (Å²) in [4.78, 5) is 4.40. The highest BCUT2D eigenvalue weighted by molar-refractivity contribution is 5.60. The van der Waals surface area contributed by atoms with E-state index in [9.17, 15) is 10.2 Å². The third kappa shape index (κ3) is 4.03. The van der Waals surface area contributed by atoms with E-state index in [-0.39, 0.29) is 11.8 Å². The van der Waals surface area contributed by atoms with Crippen LogP contribution >= 0.6 is 0 Å². The van der Waals surface area contributed by atoms with Crippen molar-refractivity contribution in [1.29, 1.82) is 0 Å². The zero-order valence-corrected chi connectivity index (χ0v) is 13.9. The smallest absolute Gasteiger partial charge is 0.193 e. The highest BCUT2D eigenvalue weighted by Crippen LogP contribution is 2.23. The number of pyridine rings is 1. The monoisotopic (exact) mass is 340 g/mol. The minimum atomic E-state index is 0.00470. The van der Waals surface area contributed by atoms with Gasteiger partial charge in [-0.15, -0.1) is 0 Å². The number of rotatable bonds is 7. The van der Waals surface area contributed by atoms with Gasteiger partial charge in [0.05, 0.1) is 25.0 Å². The quantitative estimate of drug-likeness (QED) is 0.689. The van der Waals surface area contributed by atoms with Gasteiger partial charge in [0.1, 0.15) is 18.1 Å². The molecule has 0 radical (unpaired) electrons. The van der Waals surface area contributed by atoms with E-state index in [4.69, 9.17) is 9.47 Å². The van der Waals surface area contributed by atoms with Crippen LogP contribution in [0.3, 0.4) is 0 Å². The second kappa shape index (κ2) is 7.61. The Bertz CT molecular complexity index is 791. The number of hydrogen-bond donors (Lipinski definition) is 2. The summed E-state index contributed by atoms with van der Waals surface area (Å²) < 4.78 is 12.4. The Morgan fingerprint density at radius 3 is 2.16 bits per heavy atom. The summed E-state index contributed by atoms with van der Waals surface area (Å²) in [7, 11) is 0. The molecule has 0 aliphatic rings. The third-order valence-corrected chi connectivity index (χ3v) is 3.72. The molecule has 1 aromatic carbocycles. The first-order chi connectivity index (χ1) is 12.2. The van der Waals surface area contributed by atoms with Gasteiger partial charge in [0.2, 0.25) is 0 Å². The van der Waals surface area contributed by atoms with Crippen LogP contribution in [0.25, 0.3) is 11.3 Å². The van der Waals surface area contributed by atoms with Crippen molar-refractivity contribution in [3.05, 3.63) is 54.7 Å². The van der Waals surface area contributed by atoms with Crippen LogP contribution in [0, 0.1) is 0 Å². The van der Waals surface area contributed by atoms with E-state index < -0.39 is 0 Å². The van der Waals surface area contributed by atoms with E-state index in [2.05, 4.69) is 4.98 Å². The lowest BCUT2D eigenvalue weighted by atomic mass is 10.1. The molecule has 2 heterocycles. The van der Waals surface area contributed by atoms with E-state index >= 15 is 0 Å². The Morgan fingerprint density at radius 2 is 1.56 bits per heavy atom. The fourth-order valence-electron chi connectivity index (χ4n) is 2.46. The largest absolute Gasteiger partial charge is 0.494 e. The van der Waals surface area contributed by atoms with Gasteiger partial charge in [-0.05, 0) is 43.3 Å². The van der Waals surface area contributed by atoms with Gasteiger partial charge in [-0.2, -0.15) is 0 Å². The van der Waals surface area contributed by atoms with Crippen molar-refractivity contribution >= 4 is 0 Å². The van der Waals surface area contributed by atoms with Gasteiger partial charge < -0.3 is 19.7 Å². The van der Waals surface area contributed by atoms with E-state index in [0.717, 1.165) is 17.0 Å². The molecule has 0 fully saturated rings. The third-order valence-electron chi connectivity index (χ3n) is 3.72. The van der Waals surface area contributed by atoms with Crippen molar-refractivity contribution in [1.82, 2.24) is 9.55 Å². The second-order valence-corrected chi connectivity index (χ2v) is 5.39. The SMILES string of the molecule is CCOc1ccc(-c2ccc(OCCn3c(O)ccc3O)cn2)cc1. The first kappa shape index (κ1) is 16.7. The molecule has 0 saturated carbocycles. The molecule has 2 N–H and O–H groups in total. The first-order valence-electron chi connectivity index (χ1n) is 8.07. The van der Waals surface area contributed by atoms with Gasteiger partial charge in [0, 0.05) is 17.7 Å². The second-order valence-electron chi connectivity index (χ2n) is 5.39. The Balaban J connectivity index is 1.58. The predicted molar refractivity (Wildman–Crippen MR) is 94.1 cm³/mol. The lowest BCUT2D eigenvalue weighted by Gasteiger charge is -2.09. The van der Waals surface area contributed by atoms with Gasteiger partial charge in [-0.25, -0.2) is 0 Å². The van der Waals surface area contributed by atoms with Crippen LogP contribution in [0.15, 0.2) is 54.7 Å². The van der Waals surface area contributed by atoms with Crippen molar-refractivity contribution in [2.45, 2.75) is 13.5 Å². The first-order valence-corrected chi connectivity index (χ1v) is 8.07. The molecule has 2 aromatic heterocycles. The van der Waals surface area contributed by atoms with E-state index in [0.29, 0.717) is 25.5 Å². The Hall–Kier alpha value is -3.15. The summed E-state index contributed by atoms with van der Waals surface area (Å²) in [5.41, 5.74) is 1.84. The van der Waals surface area contributed by atoms with Crippen LogP contribution in [0.4, 0.5) is 0 Å². The molecule has 0 aliphatic heterocycles. The molecular weight excluding hydrogens is 320 g/mol. The average Bonchev–Trinajstić information content (AvgIpc) is 2.95. The maximum Gasteiger partial charge on any atom is 0.193 e. The molecule has 0 atom stereocenters. The normalized spacial score (nSPS) is 10.6. The molecule has 3 rings (SSSR count). The molecule has 0 saturated heterocycles. The number of ether oxygens (including phenoxy) is 2. The molecular formula is C19H20N2O4. The van der Waals surface area contributed by atoms with Crippen molar-refractivity contribution in [2.75, 3.05) is 13.2 Å². The van der Waals surface area contributed by atoms with Gasteiger partial charge in [0.15, 0.2) is 11.8 Å². The maximum absolute atomic E-state index is 9.57. The van der Waals surface area contributed by atoms with Gasteiger partial charge in [-0.3, -0.25) is 9.55 Å². The minimum absolute atomic E-state index is 0.00470.